The van der Waals surface area contributed by atoms with Gasteiger partial charge in [0, 0.05) is 29.0 Å². The molecule has 0 fully saturated rings. The Labute approximate surface area is 154 Å². The standard InChI is InChI=1S/C17H15ClN4O2S/c1-2-24-16(23)11-25-17-19-7-6-15(21-17)22-10-13(9-20-22)12-4-3-5-14(18)8-12/h3-10H,2,11H2,1H3. The smallest absolute Gasteiger partial charge is 0.316 e. The lowest BCUT2D eigenvalue weighted by Gasteiger charge is -2.03. The van der Waals surface area contributed by atoms with E-state index in [4.69, 9.17) is 16.3 Å². The van der Waals surface area contributed by atoms with Gasteiger partial charge >= 0.3 is 5.97 Å². The zero-order valence-electron chi connectivity index (χ0n) is 13.4. The normalized spacial score (nSPS) is 10.6. The number of ether oxygens (including phenoxy) is 1. The molecule has 3 rings (SSSR count). The minimum atomic E-state index is -0.288. The summed E-state index contributed by atoms with van der Waals surface area (Å²) in [5.41, 5.74) is 1.91. The van der Waals surface area contributed by atoms with E-state index in [1.165, 1.54) is 11.8 Å². The fraction of sp³-hybridized carbons (Fsp3) is 0.176. The van der Waals surface area contributed by atoms with Gasteiger partial charge in [0.2, 0.25) is 0 Å². The molecule has 1 aromatic carbocycles. The van der Waals surface area contributed by atoms with Crippen LogP contribution in [0.1, 0.15) is 6.92 Å². The molecule has 0 atom stereocenters. The third-order valence-electron chi connectivity index (χ3n) is 3.22. The molecule has 0 saturated carbocycles. The van der Waals surface area contributed by atoms with Crippen LogP contribution in [0.5, 0.6) is 0 Å². The van der Waals surface area contributed by atoms with Crippen molar-refractivity contribution in [3.8, 4) is 16.9 Å². The Bertz CT molecular complexity index is 884. The molecule has 3 aromatic rings. The number of carbonyl (C=O) groups is 1. The summed E-state index contributed by atoms with van der Waals surface area (Å²) in [7, 11) is 0. The summed E-state index contributed by atoms with van der Waals surface area (Å²) in [6.45, 7) is 2.13. The third-order valence-corrected chi connectivity index (χ3v) is 4.29. The van der Waals surface area contributed by atoms with Crippen molar-refractivity contribution in [3.63, 3.8) is 0 Å². The van der Waals surface area contributed by atoms with Gasteiger partial charge in [-0.1, -0.05) is 35.5 Å². The summed E-state index contributed by atoms with van der Waals surface area (Å²) in [6, 6.07) is 9.32. The number of aromatic nitrogens is 4. The maximum absolute atomic E-state index is 11.4. The molecule has 0 aliphatic carbocycles. The van der Waals surface area contributed by atoms with E-state index in [9.17, 15) is 4.79 Å². The van der Waals surface area contributed by atoms with E-state index in [0.717, 1.165) is 11.1 Å². The first-order valence-corrected chi connectivity index (χ1v) is 8.94. The van der Waals surface area contributed by atoms with Crippen molar-refractivity contribution < 1.29 is 9.53 Å². The van der Waals surface area contributed by atoms with Crippen LogP contribution in [0, 0.1) is 0 Å². The van der Waals surface area contributed by atoms with Crippen LogP contribution in [0.25, 0.3) is 16.9 Å². The van der Waals surface area contributed by atoms with Gasteiger partial charge in [0.05, 0.1) is 18.6 Å². The van der Waals surface area contributed by atoms with Crippen LogP contribution in [0.3, 0.4) is 0 Å². The fourth-order valence-corrected chi connectivity index (χ4v) is 2.93. The number of nitrogens with zero attached hydrogens (tertiary/aromatic N) is 4. The lowest BCUT2D eigenvalue weighted by Crippen LogP contribution is -2.07. The Kier molecular flexibility index (Phi) is 5.67. The van der Waals surface area contributed by atoms with E-state index in [1.54, 1.807) is 30.1 Å². The van der Waals surface area contributed by atoms with Gasteiger partial charge in [-0.05, 0) is 24.6 Å². The molecule has 0 amide bonds. The topological polar surface area (TPSA) is 69.9 Å². The zero-order valence-corrected chi connectivity index (χ0v) is 15.0. The van der Waals surface area contributed by atoms with Crippen molar-refractivity contribution in [2.45, 2.75) is 12.1 Å². The minimum absolute atomic E-state index is 0.171. The number of carbonyl (C=O) groups excluding carboxylic acids is 1. The van der Waals surface area contributed by atoms with Crippen LogP contribution in [0.15, 0.2) is 54.1 Å². The summed E-state index contributed by atoms with van der Waals surface area (Å²) < 4.78 is 6.56. The molecule has 8 heteroatoms. The number of rotatable bonds is 6. The Morgan fingerprint density at radius 2 is 2.20 bits per heavy atom. The molecule has 0 spiro atoms. The van der Waals surface area contributed by atoms with Crippen molar-refractivity contribution >= 4 is 29.3 Å². The van der Waals surface area contributed by atoms with Crippen molar-refractivity contribution in [1.82, 2.24) is 19.7 Å². The van der Waals surface area contributed by atoms with Gasteiger partial charge in [0.1, 0.15) is 0 Å². The van der Waals surface area contributed by atoms with Gasteiger partial charge in [-0.25, -0.2) is 14.6 Å². The average molecular weight is 375 g/mol. The van der Waals surface area contributed by atoms with Gasteiger partial charge in [0.15, 0.2) is 11.0 Å². The van der Waals surface area contributed by atoms with Gasteiger partial charge in [-0.3, -0.25) is 4.79 Å². The average Bonchev–Trinajstić information content (AvgIpc) is 3.11. The molecule has 2 aromatic heterocycles. The molecule has 25 heavy (non-hydrogen) atoms. The minimum Gasteiger partial charge on any atom is -0.465 e. The first-order valence-electron chi connectivity index (χ1n) is 7.58. The maximum atomic E-state index is 11.4. The Hall–Kier alpha value is -2.38. The van der Waals surface area contributed by atoms with Crippen LogP contribution >= 0.6 is 23.4 Å². The maximum Gasteiger partial charge on any atom is 0.316 e. The van der Waals surface area contributed by atoms with E-state index in [1.807, 2.05) is 30.5 Å². The van der Waals surface area contributed by atoms with E-state index < -0.39 is 0 Å². The molecule has 0 saturated heterocycles. The molecular weight excluding hydrogens is 360 g/mol. The number of thioether (sulfide) groups is 1. The monoisotopic (exact) mass is 374 g/mol. The summed E-state index contributed by atoms with van der Waals surface area (Å²) in [5.74, 6) is 0.503. The van der Waals surface area contributed by atoms with Crippen molar-refractivity contribution in [2.24, 2.45) is 0 Å². The summed E-state index contributed by atoms with van der Waals surface area (Å²) >= 11 is 7.26. The third kappa shape index (κ3) is 4.58. The number of hydrogen-bond donors (Lipinski definition) is 0. The summed E-state index contributed by atoms with van der Waals surface area (Å²) in [5, 5.41) is 5.50. The zero-order chi connectivity index (χ0) is 17.6. The van der Waals surface area contributed by atoms with Crippen LogP contribution in [-0.2, 0) is 9.53 Å². The second kappa shape index (κ2) is 8.13. The largest absolute Gasteiger partial charge is 0.465 e. The highest BCUT2D eigenvalue weighted by Crippen LogP contribution is 2.23. The summed E-state index contributed by atoms with van der Waals surface area (Å²) in [6.07, 6.45) is 5.25. The highest BCUT2D eigenvalue weighted by atomic mass is 35.5. The van der Waals surface area contributed by atoms with E-state index in [0.29, 0.717) is 22.6 Å². The van der Waals surface area contributed by atoms with Crippen LogP contribution in [0.2, 0.25) is 5.02 Å². The van der Waals surface area contributed by atoms with Crippen molar-refractivity contribution in [2.75, 3.05) is 12.4 Å². The quantitative estimate of drug-likeness (QED) is 0.372. The number of halogens is 1. The molecule has 0 bridgehead atoms. The van der Waals surface area contributed by atoms with Crippen LogP contribution in [-0.4, -0.2) is 38.1 Å². The van der Waals surface area contributed by atoms with Crippen molar-refractivity contribution in [3.05, 3.63) is 53.9 Å². The predicted molar refractivity (Wildman–Crippen MR) is 97.0 cm³/mol. The van der Waals surface area contributed by atoms with E-state index in [2.05, 4.69) is 15.1 Å². The molecule has 0 aliphatic rings. The summed E-state index contributed by atoms with van der Waals surface area (Å²) in [4.78, 5) is 20.0. The molecular formula is C17H15ClN4O2S. The van der Waals surface area contributed by atoms with Gasteiger partial charge < -0.3 is 4.74 Å². The van der Waals surface area contributed by atoms with Crippen LogP contribution in [0.4, 0.5) is 0 Å². The Morgan fingerprint density at radius 1 is 1.32 bits per heavy atom. The molecule has 0 unspecified atom stereocenters. The van der Waals surface area contributed by atoms with Gasteiger partial charge in [0.25, 0.3) is 0 Å². The lowest BCUT2D eigenvalue weighted by atomic mass is 10.1. The van der Waals surface area contributed by atoms with Gasteiger partial charge in [-0.2, -0.15) is 5.10 Å². The molecule has 128 valence electrons. The van der Waals surface area contributed by atoms with Crippen molar-refractivity contribution in [1.29, 1.82) is 0 Å². The SMILES string of the molecule is CCOC(=O)CSc1nccc(-n2cc(-c3cccc(Cl)c3)cn2)n1. The first kappa shape index (κ1) is 17.4. The van der Waals surface area contributed by atoms with Crippen LogP contribution < -0.4 is 0 Å². The number of hydrogen-bond acceptors (Lipinski definition) is 6. The molecule has 6 nitrogen and oxygen atoms in total. The highest BCUT2D eigenvalue weighted by molar-refractivity contribution is 7.99. The second-order valence-corrected chi connectivity index (χ2v) is 6.35. The second-order valence-electron chi connectivity index (χ2n) is 4.98. The predicted octanol–water partition coefficient (Wildman–Crippen LogP) is 3.64. The number of benzene rings is 1. The molecule has 0 N–H and O–H groups in total. The first-order chi connectivity index (χ1) is 12.2. The highest BCUT2D eigenvalue weighted by Gasteiger charge is 2.09. The van der Waals surface area contributed by atoms with E-state index >= 15 is 0 Å². The molecule has 0 radical (unpaired) electrons. The molecule has 2 heterocycles. The fourth-order valence-electron chi connectivity index (χ4n) is 2.12. The lowest BCUT2D eigenvalue weighted by molar-refractivity contribution is -0.139. The molecule has 0 aliphatic heterocycles. The Morgan fingerprint density at radius 3 is 3.00 bits per heavy atom. The Balaban J connectivity index is 1.76. The van der Waals surface area contributed by atoms with E-state index in [-0.39, 0.29) is 11.7 Å². The van der Waals surface area contributed by atoms with Gasteiger partial charge in [-0.15, -0.1) is 0 Å². The number of esters is 1.